The van der Waals surface area contributed by atoms with E-state index >= 15 is 0 Å². The Balaban J connectivity index is 1.89. The average Bonchev–Trinajstić information content (AvgIpc) is 2.62. The second-order valence-corrected chi connectivity index (χ2v) is 6.12. The number of cyclic esters (lactones) is 1. The highest BCUT2D eigenvalue weighted by molar-refractivity contribution is 5.69. The van der Waals surface area contributed by atoms with Gasteiger partial charge in [0.05, 0.1) is 13.2 Å². The standard InChI is InChI=1S/C22H26O3/c23-22-16-9-5-2-1-4-8-13-20-14-12-15-21(19-20)24-17-10-6-3-7-11-18-25-22/h12,14-15,19H,2-3,5-7,9-11,16-18H2. The minimum absolute atomic E-state index is 0.0914. The number of hydrogen-bond acceptors (Lipinski definition) is 3. The van der Waals surface area contributed by atoms with Crippen molar-refractivity contribution >= 4 is 5.97 Å². The van der Waals surface area contributed by atoms with Gasteiger partial charge in [-0.25, -0.2) is 0 Å². The molecule has 3 nitrogen and oxygen atoms in total. The molecule has 0 N–H and O–H groups in total. The quantitative estimate of drug-likeness (QED) is 0.516. The molecule has 0 radical (unpaired) electrons. The molecule has 0 atom stereocenters. The smallest absolute Gasteiger partial charge is 0.305 e. The topological polar surface area (TPSA) is 35.5 Å². The lowest BCUT2D eigenvalue weighted by Gasteiger charge is -2.07. The molecule has 2 rings (SSSR count). The minimum atomic E-state index is -0.0914. The number of carbonyl (C=O) groups is 1. The molecule has 0 fully saturated rings. The van der Waals surface area contributed by atoms with Gasteiger partial charge < -0.3 is 9.47 Å². The van der Waals surface area contributed by atoms with Gasteiger partial charge in [0.1, 0.15) is 5.75 Å². The number of esters is 1. The van der Waals surface area contributed by atoms with Gasteiger partial charge in [0.15, 0.2) is 0 Å². The molecule has 1 aromatic carbocycles. The molecule has 0 saturated carbocycles. The molecule has 25 heavy (non-hydrogen) atoms. The van der Waals surface area contributed by atoms with Crippen molar-refractivity contribution < 1.29 is 14.3 Å². The largest absolute Gasteiger partial charge is 0.494 e. The zero-order valence-electron chi connectivity index (χ0n) is 14.8. The lowest BCUT2D eigenvalue weighted by Crippen LogP contribution is -2.05. The van der Waals surface area contributed by atoms with Crippen molar-refractivity contribution in [2.24, 2.45) is 0 Å². The van der Waals surface area contributed by atoms with Gasteiger partial charge in [-0.3, -0.25) is 4.79 Å². The highest BCUT2D eigenvalue weighted by atomic mass is 16.5. The van der Waals surface area contributed by atoms with Crippen LogP contribution in [0.25, 0.3) is 0 Å². The van der Waals surface area contributed by atoms with Crippen LogP contribution in [-0.2, 0) is 9.53 Å². The Kier molecular flexibility index (Phi) is 9.12. The van der Waals surface area contributed by atoms with Gasteiger partial charge in [0, 0.05) is 18.4 Å². The Morgan fingerprint density at radius 3 is 2.52 bits per heavy atom. The number of ether oxygens (including phenoxy) is 2. The second-order valence-electron chi connectivity index (χ2n) is 6.12. The Morgan fingerprint density at radius 1 is 0.840 bits per heavy atom. The molecule has 0 aromatic heterocycles. The molecule has 3 heteroatoms. The van der Waals surface area contributed by atoms with E-state index in [0.29, 0.717) is 19.6 Å². The van der Waals surface area contributed by atoms with E-state index in [9.17, 15) is 4.79 Å². The van der Waals surface area contributed by atoms with Crippen molar-refractivity contribution in [2.45, 2.75) is 57.8 Å². The summed E-state index contributed by atoms with van der Waals surface area (Å²) in [7, 11) is 0. The Bertz CT molecular complexity index is 655. The molecule has 0 aliphatic carbocycles. The fourth-order valence-electron chi connectivity index (χ4n) is 2.54. The molecule has 1 heterocycles. The van der Waals surface area contributed by atoms with Crippen LogP contribution in [0.1, 0.15) is 63.4 Å². The van der Waals surface area contributed by atoms with Crippen molar-refractivity contribution in [2.75, 3.05) is 13.2 Å². The van der Waals surface area contributed by atoms with Gasteiger partial charge in [-0.1, -0.05) is 37.2 Å². The molecule has 2 bridgehead atoms. The summed E-state index contributed by atoms with van der Waals surface area (Å²) in [4.78, 5) is 11.6. The van der Waals surface area contributed by atoms with Gasteiger partial charge in [-0.15, -0.1) is 0 Å². The monoisotopic (exact) mass is 338 g/mol. The highest BCUT2D eigenvalue weighted by Crippen LogP contribution is 2.13. The zero-order valence-corrected chi connectivity index (χ0v) is 14.8. The maximum Gasteiger partial charge on any atom is 0.305 e. The number of carbonyl (C=O) groups excluding carboxylic acids is 1. The maximum atomic E-state index is 11.6. The first-order valence-electron chi connectivity index (χ1n) is 9.22. The molecule has 0 unspecified atom stereocenters. The molecule has 0 spiro atoms. The third kappa shape index (κ3) is 8.87. The predicted octanol–water partition coefficient (Wildman–Crippen LogP) is 4.49. The van der Waals surface area contributed by atoms with Crippen LogP contribution in [0.4, 0.5) is 0 Å². The van der Waals surface area contributed by atoms with Gasteiger partial charge in [-0.2, -0.15) is 0 Å². The third-order valence-corrected chi connectivity index (χ3v) is 3.94. The van der Waals surface area contributed by atoms with Crippen LogP contribution in [0, 0.1) is 23.7 Å². The average molecular weight is 338 g/mol. The number of fused-ring (bicyclic) bond motifs is 2. The summed E-state index contributed by atoms with van der Waals surface area (Å²) in [5, 5.41) is 0. The molecular formula is C22H26O3. The van der Waals surface area contributed by atoms with Crippen LogP contribution in [-0.4, -0.2) is 19.2 Å². The number of hydrogen-bond donors (Lipinski definition) is 0. The fraction of sp³-hybridized carbons (Fsp3) is 0.500. The number of rotatable bonds is 0. The van der Waals surface area contributed by atoms with Crippen LogP contribution in [0.5, 0.6) is 5.75 Å². The first kappa shape index (κ1) is 18.9. The van der Waals surface area contributed by atoms with Gasteiger partial charge in [0.2, 0.25) is 0 Å². The van der Waals surface area contributed by atoms with Crippen LogP contribution >= 0.6 is 0 Å². The predicted molar refractivity (Wildman–Crippen MR) is 99.1 cm³/mol. The Morgan fingerprint density at radius 2 is 1.64 bits per heavy atom. The van der Waals surface area contributed by atoms with Gasteiger partial charge in [0.25, 0.3) is 0 Å². The van der Waals surface area contributed by atoms with Crippen LogP contribution in [0.15, 0.2) is 24.3 Å². The SMILES string of the molecule is O=C1CCCCC#CC#Cc2cccc(c2)OCCCCCCCO1. The summed E-state index contributed by atoms with van der Waals surface area (Å²) in [6, 6.07) is 7.84. The van der Waals surface area contributed by atoms with E-state index in [1.54, 1.807) is 0 Å². The van der Waals surface area contributed by atoms with Crippen LogP contribution in [0.3, 0.4) is 0 Å². The van der Waals surface area contributed by atoms with E-state index in [-0.39, 0.29) is 5.97 Å². The Hall–Kier alpha value is -2.39. The van der Waals surface area contributed by atoms with Crippen molar-refractivity contribution in [1.29, 1.82) is 0 Å². The fourth-order valence-corrected chi connectivity index (χ4v) is 2.54. The lowest BCUT2D eigenvalue weighted by molar-refractivity contribution is -0.143. The third-order valence-electron chi connectivity index (χ3n) is 3.94. The van der Waals surface area contributed by atoms with Crippen molar-refractivity contribution in [1.82, 2.24) is 0 Å². The summed E-state index contributed by atoms with van der Waals surface area (Å²) in [5.41, 5.74) is 0.917. The molecular weight excluding hydrogens is 312 g/mol. The van der Waals surface area contributed by atoms with Crippen molar-refractivity contribution in [3.8, 4) is 29.4 Å². The van der Waals surface area contributed by atoms with E-state index < -0.39 is 0 Å². The first-order valence-corrected chi connectivity index (χ1v) is 9.22. The van der Waals surface area contributed by atoms with Crippen LogP contribution < -0.4 is 4.74 Å². The van der Waals surface area contributed by atoms with Gasteiger partial charge in [-0.05, 0) is 55.7 Å². The van der Waals surface area contributed by atoms with E-state index in [4.69, 9.17) is 9.47 Å². The van der Waals surface area contributed by atoms with E-state index in [0.717, 1.165) is 62.7 Å². The van der Waals surface area contributed by atoms with Crippen molar-refractivity contribution in [3.63, 3.8) is 0 Å². The molecule has 1 aliphatic rings. The summed E-state index contributed by atoms with van der Waals surface area (Å²) in [5.74, 6) is 12.6. The molecule has 0 saturated heterocycles. The van der Waals surface area contributed by atoms with E-state index in [1.165, 1.54) is 0 Å². The molecule has 1 aromatic rings. The van der Waals surface area contributed by atoms with Crippen LogP contribution in [0.2, 0.25) is 0 Å². The summed E-state index contributed by atoms with van der Waals surface area (Å²) < 4.78 is 11.0. The molecule has 0 amide bonds. The minimum Gasteiger partial charge on any atom is -0.494 e. The van der Waals surface area contributed by atoms with E-state index in [2.05, 4.69) is 23.7 Å². The first-order chi connectivity index (χ1) is 12.3. The van der Waals surface area contributed by atoms with Gasteiger partial charge >= 0.3 is 5.97 Å². The van der Waals surface area contributed by atoms with E-state index in [1.807, 2.05) is 24.3 Å². The zero-order chi connectivity index (χ0) is 17.6. The lowest BCUT2D eigenvalue weighted by atomic mass is 10.1. The Labute approximate surface area is 151 Å². The summed E-state index contributed by atoms with van der Waals surface area (Å²) >= 11 is 0. The normalized spacial score (nSPS) is 17.4. The molecule has 132 valence electrons. The molecule has 1 aliphatic heterocycles. The number of benzene rings is 1. The van der Waals surface area contributed by atoms with Crippen molar-refractivity contribution in [3.05, 3.63) is 29.8 Å². The second kappa shape index (κ2) is 12.0. The highest BCUT2D eigenvalue weighted by Gasteiger charge is 2.02. The summed E-state index contributed by atoms with van der Waals surface area (Å²) in [6.45, 7) is 1.25. The summed E-state index contributed by atoms with van der Waals surface area (Å²) in [6.07, 6.45) is 8.29. The maximum absolute atomic E-state index is 11.6.